The summed E-state index contributed by atoms with van der Waals surface area (Å²) in [6.45, 7) is 4.65. The van der Waals surface area contributed by atoms with Gasteiger partial charge in [0.25, 0.3) is 5.91 Å². The fraction of sp³-hybridized carbons (Fsp3) is 0.240. The van der Waals surface area contributed by atoms with Crippen LogP contribution in [0.2, 0.25) is 0 Å². The molecule has 162 valence electrons. The van der Waals surface area contributed by atoms with Crippen LogP contribution in [0.15, 0.2) is 77.4 Å². The fourth-order valence-corrected chi connectivity index (χ4v) is 4.01. The summed E-state index contributed by atoms with van der Waals surface area (Å²) in [6.07, 6.45) is 1.53. The molecule has 7 nitrogen and oxygen atoms in total. The van der Waals surface area contributed by atoms with Crippen molar-refractivity contribution in [1.82, 2.24) is 14.9 Å². The number of carbonyl (C=O) groups excluding carboxylic acids is 1. The molecule has 0 radical (unpaired) electrons. The Labute approximate surface area is 186 Å². The summed E-state index contributed by atoms with van der Waals surface area (Å²) in [6, 6.07) is 21.9. The van der Waals surface area contributed by atoms with Gasteiger partial charge in [0.2, 0.25) is 5.95 Å². The molecule has 0 saturated carbocycles. The van der Waals surface area contributed by atoms with Gasteiger partial charge in [0.15, 0.2) is 5.76 Å². The van der Waals surface area contributed by atoms with Crippen LogP contribution >= 0.6 is 0 Å². The van der Waals surface area contributed by atoms with E-state index in [1.807, 2.05) is 47.4 Å². The maximum absolute atomic E-state index is 12.6. The van der Waals surface area contributed by atoms with Gasteiger partial charge in [-0.15, -0.1) is 0 Å². The number of aromatic nitrogens is 2. The fourth-order valence-electron chi connectivity index (χ4n) is 4.01. The summed E-state index contributed by atoms with van der Waals surface area (Å²) in [5.74, 6) is 1.79. The van der Waals surface area contributed by atoms with Crippen molar-refractivity contribution >= 4 is 28.6 Å². The van der Waals surface area contributed by atoms with Gasteiger partial charge in [0.05, 0.1) is 11.8 Å². The first-order valence-electron chi connectivity index (χ1n) is 10.8. The first kappa shape index (κ1) is 20.1. The van der Waals surface area contributed by atoms with Crippen LogP contribution in [0.3, 0.4) is 0 Å². The molecule has 0 spiro atoms. The van der Waals surface area contributed by atoms with Crippen molar-refractivity contribution in [3.63, 3.8) is 0 Å². The molecule has 0 bridgehead atoms. The van der Waals surface area contributed by atoms with Crippen LogP contribution in [0, 0.1) is 0 Å². The molecule has 1 atom stereocenters. The second-order valence-electron chi connectivity index (χ2n) is 7.92. The van der Waals surface area contributed by atoms with E-state index in [9.17, 15) is 4.79 Å². The third kappa shape index (κ3) is 4.01. The predicted molar refractivity (Wildman–Crippen MR) is 125 cm³/mol. The Morgan fingerprint density at radius 1 is 0.938 bits per heavy atom. The molecule has 1 amide bonds. The molecule has 1 fully saturated rings. The molecule has 1 aliphatic heterocycles. The molecule has 1 saturated heterocycles. The van der Waals surface area contributed by atoms with Crippen LogP contribution in [0.5, 0.6) is 0 Å². The van der Waals surface area contributed by atoms with Crippen LogP contribution in [0.4, 0.5) is 11.8 Å². The number of para-hydroxylation sites is 1. The number of nitrogens with one attached hydrogen (secondary N) is 1. The average molecular weight is 428 g/mol. The molecule has 0 aliphatic carbocycles. The number of nitrogens with zero attached hydrogens (tertiary/aromatic N) is 4. The lowest BCUT2D eigenvalue weighted by molar-refractivity contribution is 0.0714. The van der Waals surface area contributed by atoms with Crippen molar-refractivity contribution in [2.75, 3.05) is 36.4 Å². The molecule has 5 rings (SSSR count). The van der Waals surface area contributed by atoms with Crippen LogP contribution in [-0.4, -0.2) is 47.0 Å². The van der Waals surface area contributed by atoms with Gasteiger partial charge in [-0.1, -0.05) is 42.5 Å². The first-order chi connectivity index (χ1) is 15.7. The molecular weight excluding hydrogens is 402 g/mol. The number of carbonyl (C=O) groups is 1. The number of anilines is 2. The highest BCUT2D eigenvalue weighted by Crippen LogP contribution is 2.27. The zero-order valence-electron chi connectivity index (χ0n) is 17.9. The Bertz CT molecular complexity index is 1200. The number of fused-ring (bicyclic) bond motifs is 1. The molecule has 2 aromatic heterocycles. The average Bonchev–Trinajstić information content (AvgIpc) is 3.39. The zero-order valence-corrected chi connectivity index (χ0v) is 17.9. The lowest BCUT2D eigenvalue weighted by atomic mass is 10.1. The number of benzene rings is 2. The van der Waals surface area contributed by atoms with E-state index in [4.69, 9.17) is 14.4 Å². The predicted octanol–water partition coefficient (Wildman–Crippen LogP) is 4.36. The van der Waals surface area contributed by atoms with Crippen molar-refractivity contribution in [3.8, 4) is 0 Å². The van der Waals surface area contributed by atoms with Gasteiger partial charge in [-0.25, -0.2) is 4.98 Å². The summed E-state index contributed by atoms with van der Waals surface area (Å²) in [5.41, 5.74) is 2.09. The number of amides is 1. The van der Waals surface area contributed by atoms with E-state index in [1.54, 1.807) is 12.1 Å². The van der Waals surface area contributed by atoms with Crippen molar-refractivity contribution in [1.29, 1.82) is 0 Å². The Hall–Kier alpha value is -3.87. The SMILES string of the molecule is C[C@@H](Nc1nc(N2CCN(C(=O)c3ccco3)CC2)nc2ccccc12)c1ccccc1. The van der Waals surface area contributed by atoms with Gasteiger partial charge < -0.3 is 19.5 Å². The number of hydrogen-bond acceptors (Lipinski definition) is 6. The number of piperazine rings is 1. The summed E-state index contributed by atoms with van der Waals surface area (Å²) in [5, 5.41) is 4.56. The van der Waals surface area contributed by atoms with E-state index < -0.39 is 0 Å². The molecular formula is C25H25N5O2. The van der Waals surface area contributed by atoms with E-state index in [0.717, 1.165) is 16.7 Å². The molecule has 2 aromatic carbocycles. The number of furan rings is 1. The largest absolute Gasteiger partial charge is 0.459 e. The molecule has 1 aliphatic rings. The van der Waals surface area contributed by atoms with E-state index in [2.05, 4.69) is 29.3 Å². The topological polar surface area (TPSA) is 74.5 Å². The normalized spacial score (nSPS) is 15.0. The Balaban J connectivity index is 1.37. The van der Waals surface area contributed by atoms with Crippen molar-refractivity contribution < 1.29 is 9.21 Å². The Morgan fingerprint density at radius 2 is 1.69 bits per heavy atom. The van der Waals surface area contributed by atoms with Crippen LogP contribution < -0.4 is 10.2 Å². The molecule has 32 heavy (non-hydrogen) atoms. The van der Waals surface area contributed by atoms with Gasteiger partial charge in [-0.3, -0.25) is 4.79 Å². The second kappa shape index (κ2) is 8.70. The van der Waals surface area contributed by atoms with E-state index >= 15 is 0 Å². The van der Waals surface area contributed by atoms with Gasteiger partial charge in [0, 0.05) is 37.6 Å². The van der Waals surface area contributed by atoms with Gasteiger partial charge in [-0.2, -0.15) is 4.98 Å². The third-order valence-electron chi connectivity index (χ3n) is 5.83. The summed E-state index contributed by atoms with van der Waals surface area (Å²) >= 11 is 0. The summed E-state index contributed by atoms with van der Waals surface area (Å²) in [4.78, 5) is 26.2. The van der Waals surface area contributed by atoms with Gasteiger partial charge >= 0.3 is 0 Å². The highest BCUT2D eigenvalue weighted by molar-refractivity contribution is 5.92. The summed E-state index contributed by atoms with van der Waals surface area (Å²) in [7, 11) is 0. The maximum atomic E-state index is 12.6. The van der Waals surface area contributed by atoms with Crippen molar-refractivity contribution in [2.24, 2.45) is 0 Å². The standard InChI is InChI=1S/C25H25N5O2/c1-18(19-8-3-2-4-9-19)26-23-20-10-5-6-11-21(20)27-25(28-23)30-15-13-29(14-16-30)24(31)22-12-7-17-32-22/h2-12,17-18H,13-16H2,1H3,(H,26,27,28)/t18-/m1/s1. The lowest BCUT2D eigenvalue weighted by Crippen LogP contribution is -2.49. The first-order valence-corrected chi connectivity index (χ1v) is 10.8. The molecule has 7 heteroatoms. The quantitative estimate of drug-likeness (QED) is 0.510. The van der Waals surface area contributed by atoms with Gasteiger partial charge in [0.1, 0.15) is 5.82 Å². The third-order valence-corrected chi connectivity index (χ3v) is 5.83. The monoisotopic (exact) mass is 427 g/mol. The number of rotatable bonds is 5. The molecule has 4 aromatic rings. The van der Waals surface area contributed by atoms with E-state index in [-0.39, 0.29) is 11.9 Å². The van der Waals surface area contributed by atoms with Gasteiger partial charge in [-0.05, 0) is 36.8 Å². The Kier molecular flexibility index (Phi) is 5.46. The zero-order chi connectivity index (χ0) is 21.9. The minimum Gasteiger partial charge on any atom is -0.459 e. The molecule has 1 N–H and O–H groups in total. The van der Waals surface area contributed by atoms with E-state index in [1.165, 1.54) is 11.8 Å². The Morgan fingerprint density at radius 3 is 2.44 bits per heavy atom. The minimum atomic E-state index is -0.0758. The van der Waals surface area contributed by atoms with Crippen LogP contribution in [0.25, 0.3) is 10.9 Å². The van der Waals surface area contributed by atoms with E-state index in [0.29, 0.717) is 37.9 Å². The number of hydrogen-bond donors (Lipinski definition) is 1. The molecule has 3 heterocycles. The maximum Gasteiger partial charge on any atom is 0.289 e. The second-order valence-corrected chi connectivity index (χ2v) is 7.92. The smallest absolute Gasteiger partial charge is 0.289 e. The van der Waals surface area contributed by atoms with Crippen molar-refractivity contribution in [2.45, 2.75) is 13.0 Å². The van der Waals surface area contributed by atoms with Crippen molar-refractivity contribution in [3.05, 3.63) is 84.3 Å². The molecule has 0 unspecified atom stereocenters. The highest BCUT2D eigenvalue weighted by atomic mass is 16.3. The lowest BCUT2D eigenvalue weighted by Gasteiger charge is -2.34. The minimum absolute atomic E-state index is 0.0758. The summed E-state index contributed by atoms with van der Waals surface area (Å²) < 4.78 is 5.26. The van der Waals surface area contributed by atoms with Crippen LogP contribution in [-0.2, 0) is 0 Å². The highest BCUT2D eigenvalue weighted by Gasteiger charge is 2.25. The van der Waals surface area contributed by atoms with Crippen LogP contribution in [0.1, 0.15) is 29.1 Å².